The SMILES string of the molecule is CC(C)(C)OC(=O)n1cc(Cl)c2nc(Br)cnc21. The van der Waals surface area contributed by atoms with E-state index in [9.17, 15) is 4.79 Å². The van der Waals surface area contributed by atoms with Crippen LogP contribution >= 0.6 is 27.5 Å². The van der Waals surface area contributed by atoms with E-state index in [2.05, 4.69) is 25.9 Å². The highest BCUT2D eigenvalue weighted by atomic mass is 79.9. The van der Waals surface area contributed by atoms with Crippen LogP contribution in [0.1, 0.15) is 20.8 Å². The summed E-state index contributed by atoms with van der Waals surface area (Å²) in [7, 11) is 0. The van der Waals surface area contributed by atoms with Crippen LogP contribution in [0.5, 0.6) is 0 Å². The van der Waals surface area contributed by atoms with E-state index in [0.29, 0.717) is 20.8 Å². The molecule has 2 aromatic rings. The van der Waals surface area contributed by atoms with Gasteiger partial charge in [0.15, 0.2) is 5.65 Å². The monoisotopic (exact) mass is 331 g/mol. The van der Waals surface area contributed by atoms with E-state index in [1.165, 1.54) is 17.0 Å². The lowest BCUT2D eigenvalue weighted by molar-refractivity contribution is 0.0543. The zero-order chi connectivity index (χ0) is 13.5. The van der Waals surface area contributed by atoms with Crippen LogP contribution in [0, 0.1) is 0 Å². The molecule has 0 atom stereocenters. The Morgan fingerprint density at radius 3 is 2.78 bits per heavy atom. The minimum absolute atomic E-state index is 0.352. The third kappa shape index (κ3) is 2.64. The van der Waals surface area contributed by atoms with E-state index < -0.39 is 11.7 Å². The number of nitrogens with zero attached hydrogens (tertiary/aromatic N) is 3. The van der Waals surface area contributed by atoms with Crippen LogP contribution < -0.4 is 0 Å². The third-order valence-electron chi connectivity index (χ3n) is 2.01. The maximum Gasteiger partial charge on any atom is 0.420 e. The highest BCUT2D eigenvalue weighted by Gasteiger charge is 2.21. The molecule has 0 aliphatic rings. The molecule has 18 heavy (non-hydrogen) atoms. The molecule has 0 aliphatic heterocycles. The molecule has 2 rings (SSSR count). The molecule has 0 saturated heterocycles. The van der Waals surface area contributed by atoms with Gasteiger partial charge in [-0.25, -0.2) is 19.3 Å². The molecule has 0 saturated carbocycles. The molecule has 0 unspecified atom stereocenters. The second kappa shape index (κ2) is 4.51. The summed E-state index contributed by atoms with van der Waals surface area (Å²) in [6.07, 6.45) is 2.42. The average molecular weight is 333 g/mol. The van der Waals surface area contributed by atoms with E-state index in [1.807, 2.05) is 0 Å². The number of hydrogen-bond donors (Lipinski definition) is 0. The zero-order valence-electron chi connectivity index (χ0n) is 10.1. The van der Waals surface area contributed by atoms with Gasteiger partial charge in [0.25, 0.3) is 0 Å². The molecule has 0 bridgehead atoms. The van der Waals surface area contributed by atoms with Gasteiger partial charge in [-0.2, -0.15) is 0 Å². The number of carbonyl (C=O) groups is 1. The molecule has 96 valence electrons. The summed E-state index contributed by atoms with van der Waals surface area (Å²) in [6.45, 7) is 5.38. The second-order valence-electron chi connectivity index (χ2n) is 4.69. The van der Waals surface area contributed by atoms with Gasteiger partial charge < -0.3 is 4.74 Å². The highest BCUT2D eigenvalue weighted by molar-refractivity contribution is 9.10. The van der Waals surface area contributed by atoms with Gasteiger partial charge in [0, 0.05) is 6.20 Å². The molecule has 0 aromatic carbocycles. The first-order valence-electron chi connectivity index (χ1n) is 5.20. The van der Waals surface area contributed by atoms with Crippen LogP contribution in [-0.2, 0) is 4.74 Å². The second-order valence-corrected chi connectivity index (χ2v) is 5.91. The van der Waals surface area contributed by atoms with Crippen molar-refractivity contribution in [3.63, 3.8) is 0 Å². The Hall–Kier alpha value is -1.14. The standard InChI is InChI=1S/C11H11BrClN3O2/c1-11(2,3)18-10(17)16-5-6(13)8-9(16)14-4-7(12)15-8/h4-5H,1-3H3. The predicted octanol–water partition coefficient (Wildman–Crippen LogP) is 3.63. The van der Waals surface area contributed by atoms with Crippen molar-refractivity contribution in [2.24, 2.45) is 0 Å². The fourth-order valence-corrected chi connectivity index (χ4v) is 1.89. The van der Waals surface area contributed by atoms with E-state index in [0.717, 1.165) is 0 Å². The molecule has 7 heteroatoms. The number of carbonyl (C=O) groups excluding carboxylic acids is 1. The largest absolute Gasteiger partial charge is 0.443 e. The van der Waals surface area contributed by atoms with Crippen molar-refractivity contribution in [2.45, 2.75) is 26.4 Å². The summed E-state index contributed by atoms with van der Waals surface area (Å²) in [6, 6.07) is 0. The first-order valence-corrected chi connectivity index (χ1v) is 6.37. The quantitative estimate of drug-likeness (QED) is 0.739. The molecule has 0 radical (unpaired) electrons. The number of halogens is 2. The molecule has 0 amide bonds. The number of hydrogen-bond acceptors (Lipinski definition) is 4. The Kier molecular flexibility index (Phi) is 3.33. The lowest BCUT2D eigenvalue weighted by atomic mass is 10.2. The van der Waals surface area contributed by atoms with Gasteiger partial charge >= 0.3 is 6.09 Å². The topological polar surface area (TPSA) is 57.0 Å². The molecule has 5 nitrogen and oxygen atoms in total. The van der Waals surface area contributed by atoms with Crippen molar-refractivity contribution in [3.05, 3.63) is 22.0 Å². The molecule has 0 fully saturated rings. The smallest absolute Gasteiger partial charge is 0.420 e. The van der Waals surface area contributed by atoms with Crippen molar-refractivity contribution >= 4 is 44.8 Å². The molecule has 0 N–H and O–H groups in total. The fourth-order valence-electron chi connectivity index (χ4n) is 1.38. The Morgan fingerprint density at radius 2 is 2.17 bits per heavy atom. The molecule has 2 heterocycles. The molecule has 2 aromatic heterocycles. The number of rotatable bonds is 0. The number of ether oxygens (including phenoxy) is 1. The Balaban J connectivity index is 2.49. The van der Waals surface area contributed by atoms with Crippen LogP contribution in [0.4, 0.5) is 4.79 Å². The molecule has 0 spiro atoms. The lowest BCUT2D eigenvalue weighted by Crippen LogP contribution is -2.26. The van der Waals surface area contributed by atoms with Gasteiger partial charge in [-0.05, 0) is 36.7 Å². The van der Waals surface area contributed by atoms with Crippen LogP contribution in [0.25, 0.3) is 11.2 Å². The summed E-state index contributed by atoms with van der Waals surface area (Å²) in [5.41, 5.74) is 0.248. The van der Waals surface area contributed by atoms with E-state index >= 15 is 0 Å². The van der Waals surface area contributed by atoms with Crippen LogP contribution in [0.15, 0.2) is 17.0 Å². The van der Waals surface area contributed by atoms with Crippen molar-refractivity contribution in [1.82, 2.24) is 14.5 Å². The van der Waals surface area contributed by atoms with Crippen molar-refractivity contribution < 1.29 is 9.53 Å². The summed E-state index contributed by atoms with van der Waals surface area (Å²) in [5.74, 6) is 0. The summed E-state index contributed by atoms with van der Waals surface area (Å²) in [5, 5.41) is 0.352. The van der Waals surface area contributed by atoms with Gasteiger partial charge in [0.05, 0.1) is 11.2 Å². The average Bonchev–Trinajstić information content (AvgIpc) is 2.54. The first kappa shape index (κ1) is 13.3. The van der Waals surface area contributed by atoms with E-state index in [4.69, 9.17) is 16.3 Å². The Morgan fingerprint density at radius 1 is 1.50 bits per heavy atom. The molecular weight excluding hydrogens is 321 g/mol. The Labute approximate surface area is 117 Å². The number of aromatic nitrogens is 3. The summed E-state index contributed by atoms with van der Waals surface area (Å²) < 4.78 is 7.07. The van der Waals surface area contributed by atoms with Crippen molar-refractivity contribution in [2.75, 3.05) is 0 Å². The third-order valence-corrected chi connectivity index (χ3v) is 2.67. The minimum atomic E-state index is -0.580. The summed E-state index contributed by atoms with van der Waals surface area (Å²) in [4.78, 5) is 20.3. The van der Waals surface area contributed by atoms with E-state index in [-0.39, 0.29) is 0 Å². The van der Waals surface area contributed by atoms with Crippen molar-refractivity contribution in [3.8, 4) is 0 Å². The molecular formula is C11H11BrClN3O2. The van der Waals surface area contributed by atoms with Gasteiger partial charge in [-0.3, -0.25) is 0 Å². The maximum atomic E-state index is 12.0. The lowest BCUT2D eigenvalue weighted by Gasteiger charge is -2.19. The van der Waals surface area contributed by atoms with E-state index in [1.54, 1.807) is 20.8 Å². The normalized spacial score (nSPS) is 11.8. The predicted molar refractivity (Wildman–Crippen MR) is 71.9 cm³/mol. The van der Waals surface area contributed by atoms with Gasteiger partial charge in [0.2, 0.25) is 0 Å². The van der Waals surface area contributed by atoms with Gasteiger partial charge in [-0.15, -0.1) is 0 Å². The van der Waals surface area contributed by atoms with Gasteiger partial charge in [0.1, 0.15) is 15.7 Å². The highest BCUT2D eigenvalue weighted by Crippen LogP contribution is 2.24. The first-order chi connectivity index (χ1) is 8.28. The van der Waals surface area contributed by atoms with Crippen LogP contribution in [0.2, 0.25) is 5.02 Å². The van der Waals surface area contributed by atoms with Gasteiger partial charge in [-0.1, -0.05) is 11.6 Å². The minimum Gasteiger partial charge on any atom is -0.443 e. The fraction of sp³-hybridized carbons (Fsp3) is 0.364. The Bertz CT molecular complexity index is 619. The van der Waals surface area contributed by atoms with Crippen LogP contribution in [0.3, 0.4) is 0 Å². The van der Waals surface area contributed by atoms with Crippen molar-refractivity contribution in [1.29, 1.82) is 0 Å². The number of fused-ring (bicyclic) bond motifs is 1. The van der Waals surface area contributed by atoms with Crippen LogP contribution in [-0.4, -0.2) is 26.2 Å². The zero-order valence-corrected chi connectivity index (χ0v) is 12.4. The summed E-state index contributed by atoms with van der Waals surface area (Å²) >= 11 is 9.22. The maximum absolute atomic E-state index is 12.0. The molecule has 0 aliphatic carbocycles.